The fraction of sp³-hybridized carbons (Fsp3) is 1.00. The van der Waals surface area contributed by atoms with E-state index in [0.717, 1.165) is 0 Å². The van der Waals surface area contributed by atoms with Gasteiger partial charge in [-0.15, -0.1) is 0 Å². The number of halogens is 3. The number of rotatable bonds is 3. The third-order valence-electron chi connectivity index (χ3n) is 0.980. The van der Waals surface area contributed by atoms with Crippen molar-refractivity contribution in [3.05, 3.63) is 0 Å². The molecule has 0 spiro atoms. The highest BCUT2D eigenvalue weighted by Gasteiger charge is 2.23. The number of hydrogen-bond donors (Lipinski definition) is 0. The second kappa shape index (κ2) is 3.47. The topological polar surface area (TPSA) is 9.23 Å². The van der Waals surface area contributed by atoms with Crippen LogP contribution in [-0.2, 0) is 4.74 Å². The largest absolute Gasteiger partial charge is 0.480 e. The molecule has 0 saturated carbocycles. The lowest BCUT2D eigenvalue weighted by molar-refractivity contribution is 0.00310. The molecule has 1 nitrogen and oxygen atoms in total. The van der Waals surface area contributed by atoms with Crippen molar-refractivity contribution in [1.82, 2.24) is 0 Å². The smallest absolute Gasteiger partial charge is 0.449 e. The van der Waals surface area contributed by atoms with Crippen LogP contribution in [-0.4, -0.2) is 19.2 Å². The summed E-state index contributed by atoms with van der Waals surface area (Å²) < 4.78 is 39.7. The first kappa shape index (κ1) is 10.8. The molecule has 0 aromatic carbocycles. The molecule has 11 heavy (non-hydrogen) atoms. The highest BCUT2D eigenvalue weighted by molar-refractivity contribution is 6.58. The lowest BCUT2D eigenvalue weighted by atomic mass is 9.87. The lowest BCUT2D eigenvalue weighted by Crippen LogP contribution is -2.24. The summed E-state index contributed by atoms with van der Waals surface area (Å²) in [5.41, 5.74) is -0.471. The minimum absolute atomic E-state index is 0.229. The molecule has 0 aliphatic carbocycles. The Kier molecular flexibility index (Phi) is 3.42. The summed E-state index contributed by atoms with van der Waals surface area (Å²) in [6, 6.07) is 0. The van der Waals surface area contributed by atoms with Crippen molar-refractivity contribution >= 4 is 6.98 Å². The molecule has 0 aromatic heterocycles. The van der Waals surface area contributed by atoms with Crippen LogP contribution in [0.1, 0.15) is 20.8 Å². The van der Waals surface area contributed by atoms with Gasteiger partial charge in [-0.25, -0.2) is 0 Å². The Morgan fingerprint density at radius 1 is 1.18 bits per heavy atom. The summed E-state index contributed by atoms with van der Waals surface area (Å²) in [6.07, 6.45) is -0.808. The van der Waals surface area contributed by atoms with E-state index in [9.17, 15) is 12.9 Å². The summed E-state index contributed by atoms with van der Waals surface area (Å²) >= 11 is 0. The van der Waals surface area contributed by atoms with Crippen LogP contribution in [0.3, 0.4) is 0 Å². The Balaban J connectivity index is 3.44. The summed E-state index contributed by atoms with van der Waals surface area (Å²) in [6.45, 7) is 0.288. The van der Waals surface area contributed by atoms with Gasteiger partial charge >= 0.3 is 6.98 Å². The Labute approximate surface area is 65.0 Å². The van der Waals surface area contributed by atoms with E-state index < -0.39 is 18.9 Å². The van der Waals surface area contributed by atoms with Crippen LogP contribution in [0, 0.1) is 0 Å². The molecule has 0 fully saturated rings. The Hall–Kier alpha value is -0.185. The summed E-state index contributed by atoms with van der Waals surface area (Å²) in [7, 11) is 0. The molecule has 0 aromatic rings. The quantitative estimate of drug-likeness (QED) is 0.590. The molecule has 0 atom stereocenters. The van der Waals surface area contributed by atoms with Gasteiger partial charge in [0.1, 0.15) is 0 Å². The van der Waals surface area contributed by atoms with Gasteiger partial charge in [-0.1, -0.05) is 6.32 Å². The first-order chi connectivity index (χ1) is 4.71. The predicted octanol–water partition coefficient (Wildman–Crippen LogP) is 2.65. The molecule has 0 radical (unpaired) electrons. The van der Waals surface area contributed by atoms with Gasteiger partial charge in [-0.05, 0) is 20.8 Å². The SMILES string of the molecule is CC(C)(C)OCC[B-](F)(F)F. The van der Waals surface area contributed by atoms with Crippen molar-refractivity contribution in [1.29, 1.82) is 0 Å². The van der Waals surface area contributed by atoms with E-state index in [4.69, 9.17) is 4.74 Å². The molecule has 5 heteroatoms. The summed E-state index contributed by atoms with van der Waals surface area (Å²) in [5.74, 6) is 0. The van der Waals surface area contributed by atoms with Crippen LogP contribution in [0.25, 0.3) is 0 Å². The fourth-order valence-corrected chi connectivity index (χ4v) is 0.499. The third kappa shape index (κ3) is 9.81. The van der Waals surface area contributed by atoms with E-state index >= 15 is 0 Å². The van der Waals surface area contributed by atoms with E-state index in [0.29, 0.717) is 0 Å². The minimum Gasteiger partial charge on any atom is -0.449 e. The first-order valence-corrected chi connectivity index (χ1v) is 3.56. The van der Waals surface area contributed by atoms with Gasteiger partial charge in [0.25, 0.3) is 0 Å². The highest BCUT2D eigenvalue weighted by Crippen LogP contribution is 2.16. The van der Waals surface area contributed by atoms with Crippen LogP contribution >= 0.6 is 0 Å². The van der Waals surface area contributed by atoms with Crippen molar-refractivity contribution in [2.24, 2.45) is 0 Å². The third-order valence-corrected chi connectivity index (χ3v) is 0.980. The van der Waals surface area contributed by atoms with Crippen molar-refractivity contribution in [2.45, 2.75) is 32.7 Å². The van der Waals surface area contributed by atoms with E-state index in [1.54, 1.807) is 20.8 Å². The first-order valence-electron chi connectivity index (χ1n) is 3.56. The normalized spacial score (nSPS) is 13.6. The zero-order chi connectivity index (χ0) is 9.12. The molecule has 0 N–H and O–H groups in total. The molecular weight excluding hydrogens is 156 g/mol. The Morgan fingerprint density at radius 2 is 1.64 bits per heavy atom. The maximum atomic E-state index is 11.6. The van der Waals surface area contributed by atoms with Gasteiger partial charge < -0.3 is 17.7 Å². The van der Waals surface area contributed by atoms with Gasteiger partial charge in [-0.3, -0.25) is 0 Å². The van der Waals surface area contributed by atoms with Crippen LogP contribution in [0.5, 0.6) is 0 Å². The van der Waals surface area contributed by atoms with Gasteiger partial charge in [0.15, 0.2) is 0 Å². The summed E-state index contributed by atoms with van der Waals surface area (Å²) in [5, 5.41) is 0. The molecule has 0 rings (SSSR count). The van der Waals surface area contributed by atoms with Crippen molar-refractivity contribution in [3.8, 4) is 0 Å². The molecule has 0 heterocycles. The molecule has 0 bridgehead atoms. The van der Waals surface area contributed by atoms with Gasteiger partial charge in [0, 0.05) is 6.61 Å². The van der Waals surface area contributed by atoms with E-state index in [1.165, 1.54) is 0 Å². The molecule has 68 valence electrons. The summed E-state index contributed by atoms with van der Waals surface area (Å²) in [4.78, 5) is 0. The lowest BCUT2D eigenvalue weighted by Gasteiger charge is -2.21. The molecular formula is C6H13BF3O-. The highest BCUT2D eigenvalue weighted by atomic mass is 19.4. The van der Waals surface area contributed by atoms with Crippen LogP contribution in [0.4, 0.5) is 12.9 Å². The Bertz CT molecular complexity index is 102. The van der Waals surface area contributed by atoms with E-state index in [-0.39, 0.29) is 6.61 Å². The number of ether oxygens (including phenoxy) is 1. The monoisotopic (exact) mass is 169 g/mol. The van der Waals surface area contributed by atoms with Crippen LogP contribution in [0.2, 0.25) is 6.32 Å². The van der Waals surface area contributed by atoms with Gasteiger partial charge in [0.2, 0.25) is 0 Å². The average molecular weight is 169 g/mol. The van der Waals surface area contributed by atoms with Crippen molar-refractivity contribution in [2.75, 3.05) is 6.61 Å². The molecule has 0 saturated heterocycles. The predicted molar refractivity (Wildman–Crippen MR) is 39.6 cm³/mol. The fourth-order valence-electron chi connectivity index (χ4n) is 0.499. The zero-order valence-corrected chi connectivity index (χ0v) is 7.03. The van der Waals surface area contributed by atoms with Gasteiger partial charge in [-0.2, -0.15) is 0 Å². The second-order valence-electron chi connectivity index (χ2n) is 3.46. The Morgan fingerprint density at radius 3 is 1.91 bits per heavy atom. The molecule has 0 unspecified atom stereocenters. The standard InChI is InChI=1S/C6H13BF3O/c1-6(2,3)11-5-4-7(8,9)10/h4-5H2,1-3H3/q-1. The molecule has 0 amide bonds. The van der Waals surface area contributed by atoms with Crippen LogP contribution < -0.4 is 0 Å². The molecule has 0 aliphatic heterocycles. The maximum absolute atomic E-state index is 11.6. The van der Waals surface area contributed by atoms with E-state index in [1.807, 2.05) is 0 Å². The zero-order valence-electron chi connectivity index (χ0n) is 7.03. The maximum Gasteiger partial charge on any atom is 0.480 e. The van der Waals surface area contributed by atoms with E-state index in [2.05, 4.69) is 0 Å². The molecule has 0 aliphatic rings. The number of hydrogen-bond acceptors (Lipinski definition) is 1. The van der Waals surface area contributed by atoms with Crippen molar-refractivity contribution in [3.63, 3.8) is 0 Å². The second-order valence-corrected chi connectivity index (χ2v) is 3.46. The minimum atomic E-state index is -4.68. The van der Waals surface area contributed by atoms with Crippen LogP contribution in [0.15, 0.2) is 0 Å². The van der Waals surface area contributed by atoms with Crippen molar-refractivity contribution < 1.29 is 17.7 Å². The van der Waals surface area contributed by atoms with Gasteiger partial charge in [0.05, 0.1) is 5.60 Å². The average Bonchev–Trinajstić information content (AvgIpc) is 1.55.